The lowest BCUT2D eigenvalue weighted by molar-refractivity contribution is 0.0964. The van der Waals surface area contributed by atoms with E-state index in [-0.39, 0.29) is 5.91 Å². The Hall–Kier alpha value is -1.74. The molecule has 19 heavy (non-hydrogen) atoms. The van der Waals surface area contributed by atoms with Gasteiger partial charge in [-0.15, -0.1) is 11.3 Å². The lowest BCUT2D eigenvalue weighted by atomic mass is 9.85. The Morgan fingerprint density at radius 3 is 2.79 bits per heavy atom. The third kappa shape index (κ3) is 2.51. The summed E-state index contributed by atoms with van der Waals surface area (Å²) in [6.45, 7) is 0.912. The van der Waals surface area contributed by atoms with Crippen LogP contribution in [0, 0.1) is 17.2 Å². The van der Waals surface area contributed by atoms with Crippen molar-refractivity contribution >= 4 is 27.9 Å². The minimum atomic E-state index is -0.231. The van der Waals surface area contributed by atoms with Crippen LogP contribution in [-0.4, -0.2) is 26.5 Å². The summed E-state index contributed by atoms with van der Waals surface area (Å²) in [5.74, 6) is 0.460. The molecular formula is C13H18N4OS. The lowest BCUT2D eigenvalue weighted by Crippen LogP contribution is -2.30. The molecule has 5 nitrogen and oxygen atoms in total. The first kappa shape index (κ1) is 13.7. The molecule has 0 radical (unpaired) electrons. The smallest absolute Gasteiger partial charge is 0.256 e. The number of nitrogens with zero attached hydrogens (tertiary/aromatic N) is 2. The zero-order valence-corrected chi connectivity index (χ0v) is 12.0. The van der Waals surface area contributed by atoms with E-state index in [1.807, 2.05) is 7.05 Å². The molecular weight excluding hydrogens is 260 g/mol. The summed E-state index contributed by atoms with van der Waals surface area (Å²) in [4.78, 5) is 14.4. The molecule has 6 heteroatoms. The highest BCUT2D eigenvalue weighted by Crippen LogP contribution is 2.38. The van der Waals surface area contributed by atoms with Crippen LogP contribution in [-0.2, 0) is 0 Å². The van der Waals surface area contributed by atoms with Crippen LogP contribution in [0.1, 0.15) is 34.5 Å². The minimum Gasteiger partial charge on any atom is -0.396 e. The molecule has 2 rings (SSSR count). The number of hydrogen-bond acceptors (Lipinski definition) is 5. The second-order valence-corrected chi connectivity index (χ2v) is 5.89. The molecule has 1 fully saturated rings. The van der Waals surface area contributed by atoms with Gasteiger partial charge in [-0.3, -0.25) is 4.79 Å². The van der Waals surface area contributed by atoms with Crippen LogP contribution in [0.3, 0.4) is 0 Å². The van der Waals surface area contributed by atoms with Crippen LogP contribution in [0.15, 0.2) is 0 Å². The van der Waals surface area contributed by atoms with Gasteiger partial charge in [0.1, 0.15) is 15.9 Å². The number of nitrogens with two attached hydrogens (primary N) is 1. The van der Waals surface area contributed by atoms with Crippen molar-refractivity contribution in [1.29, 1.82) is 5.26 Å². The molecule has 1 aliphatic rings. The molecule has 1 heterocycles. The second kappa shape index (κ2) is 5.49. The van der Waals surface area contributed by atoms with Crippen molar-refractivity contribution in [3.8, 4) is 6.07 Å². The van der Waals surface area contributed by atoms with Gasteiger partial charge in [-0.25, -0.2) is 0 Å². The highest BCUT2D eigenvalue weighted by Gasteiger charge is 2.26. The molecule has 1 amide bonds. The van der Waals surface area contributed by atoms with Gasteiger partial charge < -0.3 is 16.0 Å². The fraction of sp³-hybridized carbons (Fsp3) is 0.538. The van der Waals surface area contributed by atoms with Gasteiger partial charge in [0.15, 0.2) is 0 Å². The van der Waals surface area contributed by atoms with Crippen molar-refractivity contribution in [2.24, 2.45) is 5.92 Å². The maximum atomic E-state index is 11.9. The summed E-state index contributed by atoms with van der Waals surface area (Å²) >= 11 is 1.29. The van der Waals surface area contributed by atoms with Crippen LogP contribution >= 0.6 is 11.3 Å². The minimum absolute atomic E-state index is 0.231. The Bertz CT molecular complexity index is 527. The Balaban J connectivity index is 2.32. The SMILES string of the molecule is CNC(=O)c1c(N(C)CC2CCC2)sc(C#N)c1N. The predicted octanol–water partition coefficient (Wildman–Crippen LogP) is 1.80. The molecule has 0 bridgehead atoms. The second-order valence-electron chi connectivity index (χ2n) is 4.89. The van der Waals surface area contributed by atoms with E-state index in [4.69, 9.17) is 11.0 Å². The normalized spacial score (nSPS) is 14.6. The number of amides is 1. The first-order valence-corrected chi connectivity index (χ1v) is 7.15. The van der Waals surface area contributed by atoms with Gasteiger partial charge in [0, 0.05) is 20.6 Å². The summed E-state index contributed by atoms with van der Waals surface area (Å²) < 4.78 is 0. The van der Waals surface area contributed by atoms with Gasteiger partial charge in [-0.05, 0) is 18.8 Å². The van der Waals surface area contributed by atoms with Crippen molar-refractivity contribution < 1.29 is 4.79 Å². The van der Waals surface area contributed by atoms with Gasteiger partial charge in [0.25, 0.3) is 5.91 Å². The van der Waals surface area contributed by atoms with Crippen molar-refractivity contribution in [3.05, 3.63) is 10.4 Å². The largest absolute Gasteiger partial charge is 0.396 e. The zero-order chi connectivity index (χ0) is 14.0. The number of thiophene rings is 1. The van der Waals surface area contributed by atoms with E-state index in [2.05, 4.69) is 16.3 Å². The average Bonchev–Trinajstić information content (AvgIpc) is 2.69. The number of carbonyl (C=O) groups is 1. The molecule has 1 saturated carbocycles. The van der Waals surface area contributed by atoms with Crippen molar-refractivity contribution in [3.63, 3.8) is 0 Å². The zero-order valence-electron chi connectivity index (χ0n) is 11.2. The Morgan fingerprint density at radius 1 is 1.63 bits per heavy atom. The number of rotatable bonds is 4. The Kier molecular flexibility index (Phi) is 3.96. The van der Waals surface area contributed by atoms with Gasteiger partial charge in [-0.1, -0.05) is 6.42 Å². The van der Waals surface area contributed by atoms with E-state index in [0.29, 0.717) is 22.0 Å². The predicted molar refractivity (Wildman–Crippen MR) is 77.4 cm³/mol. The summed E-state index contributed by atoms with van der Waals surface area (Å²) in [6, 6.07) is 2.06. The maximum Gasteiger partial charge on any atom is 0.256 e. The molecule has 1 aliphatic carbocycles. The molecule has 0 atom stereocenters. The molecule has 0 unspecified atom stereocenters. The van der Waals surface area contributed by atoms with Gasteiger partial charge in [0.05, 0.1) is 11.3 Å². The quantitative estimate of drug-likeness (QED) is 0.879. The number of carbonyl (C=O) groups excluding carboxylic acids is 1. The third-order valence-corrected chi connectivity index (χ3v) is 4.81. The maximum absolute atomic E-state index is 11.9. The molecule has 0 spiro atoms. The number of anilines is 2. The van der Waals surface area contributed by atoms with Crippen molar-refractivity contribution in [1.82, 2.24) is 5.32 Å². The van der Waals surface area contributed by atoms with E-state index >= 15 is 0 Å². The molecule has 1 aromatic heterocycles. The molecule has 0 aliphatic heterocycles. The molecule has 1 aromatic rings. The fourth-order valence-corrected chi connectivity index (χ4v) is 3.26. The summed E-state index contributed by atoms with van der Waals surface area (Å²) in [5.41, 5.74) is 6.64. The number of nitrogen functional groups attached to an aromatic ring is 1. The van der Waals surface area contributed by atoms with Gasteiger partial charge >= 0.3 is 0 Å². The third-order valence-electron chi connectivity index (χ3n) is 3.59. The van der Waals surface area contributed by atoms with Crippen molar-refractivity contribution in [2.75, 3.05) is 31.3 Å². The average molecular weight is 278 g/mol. The van der Waals surface area contributed by atoms with E-state index < -0.39 is 0 Å². The van der Waals surface area contributed by atoms with Crippen LogP contribution in [0.4, 0.5) is 10.7 Å². The van der Waals surface area contributed by atoms with E-state index in [1.165, 1.54) is 30.6 Å². The first-order valence-electron chi connectivity index (χ1n) is 6.34. The Morgan fingerprint density at radius 2 is 2.32 bits per heavy atom. The molecule has 0 aromatic carbocycles. The topological polar surface area (TPSA) is 82.2 Å². The molecule has 102 valence electrons. The van der Waals surface area contributed by atoms with Crippen LogP contribution in [0.2, 0.25) is 0 Å². The summed E-state index contributed by atoms with van der Waals surface area (Å²) in [5, 5.41) is 12.4. The number of nitriles is 1. The molecule has 0 saturated heterocycles. The van der Waals surface area contributed by atoms with Crippen molar-refractivity contribution in [2.45, 2.75) is 19.3 Å². The van der Waals surface area contributed by atoms with E-state index in [1.54, 1.807) is 7.05 Å². The van der Waals surface area contributed by atoms with E-state index in [0.717, 1.165) is 11.5 Å². The van der Waals surface area contributed by atoms with Gasteiger partial charge in [-0.2, -0.15) is 5.26 Å². The highest BCUT2D eigenvalue weighted by atomic mass is 32.1. The van der Waals surface area contributed by atoms with E-state index in [9.17, 15) is 4.79 Å². The Labute approximate surface area is 117 Å². The first-order chi connectivity index (χ1) is 9.08. The monoisotopic (exact) mass is 278 g/mol. The van der Waals surface area contributed by atoms with Crippen LogP contribution < -0.4 is 16.0 Å². The summed E-state index contributed by atoms with van der Waals surface area (Å²) in [7, 11) is 3.53. The number of nitrogens with one attached hydrogen (secondary N) is 1. The fourth-order valence-electron chi connectivity index (χ4n) is 2.27. The summed E-state index contributed by atoms with van der Waals surface area (Å²) in [6.07, 6.45) is 3.77. The van der Waals surface area contributed by atoms with Crippen LogP contribution in [0.5, 0.6) is 0 Å². The van der Waals surface area contributed by atoms with Gasteiger partial charge in [0.2, 0.25) is 0 Å². The standard InChI is InChI=1S/C13H18N4OS/c1-16-12(18)10-11(15)9(6-14)19-13(10)17(2)7-8-4-3-5-8/h8H,3-5,7,15H2,1-2H3,(H,16,18). The lowest BCUT2D eigenvalue weighted by Gasteiger charge is -2.31. The van der Waals surface area contributed by atoms with Crippen LogP contribution in [0.25, 0.3) is 0 Å². The molecule has 3 N–H and O–H groups in total. The number of hydrogen-bond donors (Lipinski definition) is 2. The highest BCUT2D eigenvalue weighted by molar-refractivity contribution is 7.17.